The highest BCUT2D eigenvalue weighted by molar-refractivity contribution is 5.62. The van der Waals surface area contributed by atoms with Crippen molar-refractivity contribution in [2.45, 2.75) is 0 Å². The fourth-order valence-electron chi connectivity index (χ4n) is 1.79. The van der Waals surface area contributed by atoms with Crippen molar-refractivity contribution in [1.82, 2.24) is 4.57 Å². The van der Waals surface area contributed by atoms with E-state index in [1.807, 2.05) is 30.3 Å². The molecule has 2 rings (SSSR count). The number of rotatable bonds is 2. The lowest BCUT2D eigenvalue weighted by atomic mass is 10.1. The predicted molar refractivity (Wildman–Crippen MR) is 68.4 cm³/mol. The SMILES string of the molecule is COc1cccc(-c2ccc(C#N)c(=O)n2C)c1. The first-order valence-corrected chi connectivity index (χ1v) is 5.42. The Morgan fingerprint density at radius 1 is 1.28 bits per heavy atom. The van der Waals surface area contributed by atoms with Crippen LogP contribution in [0.1, 0.15) is 5.56 Å². The second-order valence-corrected chi connectivity index (χ2v) is 3.84. The second-order valence-electron chi connectivity index (χ2n) is 3.84. The Morgan fingerprint density at radius 3 is 2.72 bits per heavy atom. The molecule has 0 aliphatic carbocycles. The van der Waals surface area contributed by atoms with E-state index in [4.69, 9.17) is 10.00 Å². The van der Waals surface area contributed by atoms with E-state index in [9.17, 15) is 4.79 Å². The Balaban J connectivity index is 2.62. The van der Waals surface area contributed by atoms with E-state index in [-0.39, 0.29) is 11.1 Å². The first-order valence-electron chi connectivity index (χ1n) is 5.42. The van der Waals surface area contributed by atoms with E-state index in [1.54, 1.807) is 20.2 Å². The molecule has 0 aliphatic heterocycles. The van der Waals surface area contributed by atoms with Crippen molar-refractivity contribution in [3.8, 4) is 23.1 Å². The monoisotopic (exact) mass is 240 g/mol. The molecule has 0 fully saturated rings. The zero-order chi connectivity index (χ0) is 13.1. The molecule has 0 N–H and O–H groups in total. The molecule has 0 saturated carbocycles. The summed E-state index contributed by atoms with van der Waals surface area (Å²) < 4.78 is 6.62. The Labute approximate surface area is 105 Å². The molecule has 0 unspecified atom stereocenters. The zero-order valence-corrected chi connectivity index (χ0v) is 10.2. The molecule has 0 atom stereocenters. The molecule has 1 heterocycles. The lowest BCUT2D eigenvalue weighted by Crippen LogP contribution is -2.20. The van der Waals surface area contributed by atoms with Crippen LogP contribution in [0.4, 0.5) is 0 Å². The van der Waals surface area contributed by atoms with Crippen LogP contribution in [0.2, 0.25) is 0 Å². The van der Waals surface area contributed by atoms with E-state index < -0.39 is 0 Å². The molecule has 1 aromatic heterocycles. The number of hydrogen-bond acceptors (Lipinski definition) is 3. The zero-order valence-electron chi connectivity index (χ0n) is 10.2. The fraction of sp³-hybridized carbons (Fsp3) is 0.143. The maximum atomic E-state index is 11.9. The molecule has 0 aliphatic rings. The highest BCUT2D eigenvalue weighted by atomic mass is 16.5. The summed E-state index contributed by atoms with van der Waals surface area (Å²) in [5.41, 5.74) is 1.47. The van der Waals surface area contributed by atoms with Gasteiger partial charge < -0.3 is 9.30 Å². The average molecular weight is 240 g/mol. The van der Waals surface area contributed by atoms with Gasteiger partial charge >= 0.3 is 0 Å². The van der Waals surface area contributed by atoms with Crippen molar-refractivity contribution in [1.29, 1.82) is 5.26 Å². The van der Waals surface area contributed by atoms with Gasteiger partial charge in [0.1, 0.15) is 17.4 Å². The van der Waals surface area contributed by atoms with Gasteiger partial charge in [-0.3, -0.25) is 4.79 Å². The van der Waals surface area contributed by atoms with Crippen LogP contribution in [-0.2, 0) is 7.05 Å². The fourth-order valence-corrected chi connectivity index (χ4v) is 1.79. The number of nitriles is 1. The van der Waals surface area contributed by atoms with E-state index in [1.165, 1.54) is 10.6 Å². The summed E-state index contributed by atoms with van der Waals surface area (Å²) in [5.74, 6) is 0.726. The lowest BCUT2D eigenvalue weighted by Gasteiger charge is -2.09. The quantitative estimate of drug-likeness (QED) is 0.806. The number of hydrogen-bond donors (Lipinski definition) is 0. The van der Waals surface area contributed by atoms with Crippen molar-refractivity contribution >= 4 is 0 Å². The highest BCUT2D eigenvalue weighted by Gasteiger charge is 2.07. The maximum absolute atomic E-state index is 11.9. The average Bonchev–Trinajstić information content (AvgIpc) is 2.42. The summed E-state index contributed by atoms with van der Waals surface area (Å²) >= 11 is 0. The van der Waals surface area contributed by atoms with Gasteiger partial charge in [-0.2, -0.15) is 5.26 Å². The number of aromatic nitrogens is 1. The summed E-state index contributed by atoms with van der Waals surface area (Å²) in [6.07, 6.45) is 0. The van der Waals surface area contributed by atoms with Crippen LogP contribution in [0.15, 0.2) is 41.2 Å². The van der Waals surface area contributed by atoms with Crippen molar-refractivity contribution < 1.29 is 4.74 Å². The minimum Gasteiger partial charge on any atom is -0.497 e. The Hall–Kier alpha value is -2.54. The summed E-state index contributed by atoms with van der Waals surface area (Å²) in [5, 5.41) is 8.80. The maximum Gasteiger partial charge on any atom is 0.268 e. The van der Waals surface area contributed by atoms with Gasteiger partial charge in [0.05, 0.1) is 12.8 Å². The van der Waals surface area contributed by atoms with Crippen LogP contribution in [-0.4, -0.2) is 11.7 Å². The molecule has 4 nitrogen and oxygen atoms in total. The minimum absolute atomic E-state index is 0.143. The third-order valence-electron chi connectivity index (χ3n) is 2.79. The van der Waals surface area contributed by atoms with Gasteiger partial charge in [0, 0.05) is 12.6 Å². The van der Waals surface area contributed by atoms with Crippen LogP contribution in [0.25, 0.3) is 11.3 Å². The summed E-state index contributed by atoms with van der Waals surface area (Å²) in [4.78, 5) is 11.9. The van der Waals surface area contributed by atoms with Gasteiger partial charge in [-0.05, 0) is 24.3 Å². The van der Waals surface area contributed by atoms with Gasteiger partial charge in [0.15, 0.2) is 0 Å². The van der Waals surface area contributed by atoms with Crippen LogP contribution in [0, 0.1) is 11.3 Å². The van der Waals surface area contributed by atoms with Crippen LogP contribution in [0.5, 0.6) is 5.75 Å². The van der Waals surface area contributed by atoms with Crippen molar-refractivity contribution in [2.24, 2.45) is 7.05 Å². The molecule has 0 saturated heterocycles. The molecule has 0 bridgehead atoms. The molecule has 1 aromatic carbocycles. The van der Waals surface area contributed by atoms with Gasteiger partial charge in [-0.1, -0.05) is 12.1 Å². The van der Waals surface area contributed by atoms with Crippen molar-refractivity contribution in [2.75, 3.05) is 7.11 Å². The molecular formula is C14H12N2O2. The predicted octanol–water partition coefficient (Wildman–Crippen LogP) is 1.93. The smallest absolute Gasteiger partial charge is 0.268 e. The number of pyridine rings is 1. The van der Waals surface area contributed by atoms with Crippen LogP contribution in [0.3, 0.4) is 0 Å². The van der Waals surface area contributed by atoms with Gasteiger partial charge in [-0.25, -0.2) is 0 Å². The van der Waals surface area contributed by atoms with Gasteiger partial charge in [0.2, 0.25) is 0 Å². The molecular weight excluding hydrogens is 228 g/mol. The second kappa shape index (κ2) is 4.76. The summed E-state index contributed by atoms with van der Waals surface area (Å²) in [6, 6.07) is 12.6. The van der Waals surface area contributed by atoms with Crippen molar-refractivity contribution in [3.63, 3.8) is 0 Å². The molecule has 0 amide bonds. The minimum atomic E-state index is -0.294. The largest absolute Gasteiger partial charge is 0.497 e. The normalized spacial score (nSPS) is 9.83. The first kappa shape index (κ1) is 11.9. The van der Waals surface area contributed by atoms with Gasteiger partial charge in [-0.15, -0.1) is 0 Å². The summed E-state index contributed by atoms with van der Waals surface area (Å²) in [7, 11) is 3.24. The van der Waals surface area contributed by atoms with E-state index >= 15 is 0 Å². The number of methoxy groups -OCH3 is 1. The third-order valence-corrected chi connectivity index (χ3v) is 2.79. The third kappa shape index (κ3) is 1.98. The Kier molecular flexibility index (Phi) is 3.16. The lowest BCUT2D eigenvalue weighted by molar-refractivity contribution is 0.415. The van der Waals surface area contributed by atoms with Gasteiger partial charge in [0.25, 0.3) is 5.56 Å². The molecule has 2 aromatic rings. The van der Waals surface area contributed by atoms with E-state index in [0.29, 0.717) is 0 Å². The topological polar surface area (TPSA) is 55.0 Å². The Bertz CT molecular complexity index is 681. The highest BCUT2D eigenvalue weighted by Crippen LogP contribution is 2.22. The molecule has 90 valence electrons. The molecule has 18 heavy (non-hydrogen) atoms. The number of nitrogens with zero attached hydrogens (tertiary/aromatic N) is 2. The first-order chi connectivity index (χ1) is 8.67. The standard InChI is InChI=1S/C14H12N2O2/c1-16-13(7-6-11(9-15)14(16)17)10-4-3-5-12(8-10)18-2/h3-8H,1-2H3. The van der Waals surface area contributed by atoms with E-state index in [2.05, 4.69) is 0 Å². The summed E-state index contributed by atoms with van der Waals surface area (Å²) in [6.45, 7) is 0. The molecule has 4 heteroatoms. The number of benzene rings is 1. The van der Waals surface area contributed by atoms with Crippen LogP contribution < -0.4 is 10.3 Å². The van der Waals surface area contributed by atoms with E-state index in [0.717, 1.165) is 17.0 Å². The number of ether oxygens (including phenoxy) is 1. The van der Waals surface area contributed by atoms with Crippen molar-refractivity contribution in [3.05, 3.63) is 52.3 Å². The molecule has 0 spiro atoms. The Morgan fingerprint density at radius 2 is 2.06 bits per heavy atom. The van der Waals surface area contributed by atoms with Crippen LogP contribution >= 0.6 is 0 Å². The molecule has 0 radical (unpaired) electrons.